The van der Waals surface area contributed by atoms with Gasteiger partial charge >= 0.3 is 0 Å². The number of anilines is 1. The zero-order valence-corrected chi connectivity index (χ0v) is 16.7. The first-order valence-electron chi connectivity index (χ1n) is 10.4. The van der Waals surface area contributed by atoms with Crippen LogP contribution in [0.25, 0.3) is 28.2 Å². The molecule has 156 valence electrons. The molecule has 0 radical (unpaired) electrons. The van der Waals surface area contributed by atoms with Gasteiger partial charge in [0.25, 0.3) is 0 Å². The Morgan fingerprint density at radius 3 is 2.58 bits per heavy atom. The summed E-state index contributed by atoms with van der Waals surface area (Å²) < 4.78 is 30.0. The summed E-state index contributed by atoms with van der Waals surface area (Å²) in [5.74, 6) is -0.0338. The smallest absolute Gasteiger partial charge is 0.167 e. The number of benzene rings is 1. The summed E-state index contributed by atoms with van der Waals surface area (Å²) >= 11 is 0. The lowest BCUT2D eigenvalue weighted by molar-refractivity contribution is 0.440. The molecule has 4 heterocycles. The van der Waals surface area contributed by atoms with E-state index in [2.05, 4.69) is 20.2 Å². The van der Waals surface area contributed by atoms with Crippen LogP contribution >= 0.6 is 0 Å². The molecule has 1 N–H and O–H groups in total. The summed E-state index contributed by atoms with van der Waals surface area (Å²) in [7, 11) is 0. The lowest BCUT2D eigenvalue weighted by Gasteiger charge is -2.34. The first kappa shape index (κ1) is 18.4. The number of rotatable bonds is 3. The van der Waals surface area contributed by atoms with E-state index in [1.165, 1.54) is 25.0 Å². The third kappa shape index (κ3) is 3.14. The Morgan fingerprint density at radius 2 is 1.81 bits per heavy atom. The first-order valence-corrected chi connectivity index (χ1v) is 10.4. The van der Waals surface area contributed by atoms with Gasteiger partial charge in [-0.2, -0.15) is 0 Å². The molecule has 2 aliphatic rings. The van der Waals surface area contributed by atoms with Crippen LogP contribution in [0.15, 0.2) is 54.9 Å². The van der Waals surface area contributed by atoms with Gasteiger partial charge in [0.2, 0.25) is 0 Å². The van der Waals surface area contributed by atoms with Crippen molar-refractivity contribution in [3.63, 3.8) is 0 Å². The summed E-state index contributed by atoms with van der Waals surface area (Å²) in [6.45, 7) is 2.73. The maximum atomic E-state index is 14.7. The molecule has 0 bridgehead atoms. The molecule has 4 aromatic rings. The summed E-state index contributed by atoms with van der Waals surface area (Å²) in [6.07, 6.45) is 5.72. The van der Waals surface area contributed by atoms with Crippen LogP contribution < -0.4 is 10.2 Å². The van der Waals surface area contributed by atoms with Gasteiger partial charge in [0.15, 0.2) is 5.65 Å². The molecular formula is C23H20F2N6. The minimum atomic E-state index is -0.663. The highest BCUT2D eigenvalue weighted by atomic mass is 19.1. The van der Waals surface area contributed by atoms with Crippen molar-refractivity contribution in [3.8, 4) is 17.1 Å². The lowest BCUT2D eigenvalue weighted by atomic mass is 10.2. The zero-order chi connectivity index (χ0) is 21.0. The van der Waals surface area contributed by atoms with E-state index in [-0.39, 0.29) is 11.1 Å². The van der Waals surface area contributed by atoms with E-state index in [1.54, 1.807) is 12.4 Å². The van der Waals surface area contributed by atoms with Crippen LogP contribution in [0.4, 0.5) is 14.6 Å². The van der Waals surface area contributed by atoms with Crippen LogP contribution in [0.1, 0.15) is 12.8 Å². The van der Waals surface area contributed by atoms with Crippen LogP contribution in [0, 0.1) is 11.6 Å². The largest absolute Gasteiger partial charge is 0.353 e. The van der Waals surface area contributed by atoms with E-state index in [9.17, 15) is 8.78 Å². The number of aromatic nitrogens is 4. The van der Waals surface area contributed by atoms with Crippen molar-refractivity contribution in [1.29, 1.82) is 0 Å². The van der Waals surface area contributed by atoms with Gasteiger partial charge in [0.05, 0.1) is 11.3 Å². The molecule has 1 aliphatic heterocycles. The maximum Gasteiger partial charge on any atom is 0.167 e. The van der Waals surface area contributed by atoms with Crippen molar-refractivity contribution >= 4 is 17.0 Å². The molecule has 6 rings (SSSR count). The minimum Gasteiger partial charge on any atom is -0.353 e. The Bertz CT molecular complexity index is 1280. The predicted octanol–water partition coefficient (Wildman–Crippen LogP) is 3.70. The fraction of sp³-hybridized carbons (Fsp3) is 0.261. The van der Waals surface area contributed by atoms with Crippen molar-refractivity contribution in [2.45, 2.75) is 18.4 Å². The topological polar surface area (TPSA) is 58.9 Å². The molecule has 31 heavy (non-hydrogen) atoms. The lowest BCUT2D eigenvalue weighted by Crippen LogP contribution is -2.52. The molecule has 0 unspecified atom stereocenters. The number of nitrogens with one attached hydrogen (secondary N) is 1. The Labute approximate surface area is 177 Å². The summed E-state index contributed by atoms with van der Waals surface area (Å²) in [4.78, 5) is 16.0. The normalized spacial score (nSPS) is 17.4. The Morgan fingerprint density at radius 1 is 0.968 bits per heavy atom. The van der Waals surface area contributed by atoms with E-state index in [1.807, 2.05) is 28.8 Å². The second-order valence-electron chi connectivity index (χ2n) is 8.24. The minimum absolute atomic E-state index is 0.219. The number of imidazole rings is 1. The van der Waals surface area contributed by atoms with Crippen LogP contribution in [0.3, 0.4) is 0 Å². The Hall–Kier alpha value is -3.39. The molecular weight excluding hydrogens is 398 g/mol. The molecule has 0 amide bonds. The summed E-state index contributed by atoms with van der Waals surface area (Å²) in [6, 6.07) is 11.1. The van der Waals surface area contributed by atoms with Crippen LogP contribution in [0.2, 0.25) is 0 Å². The molecule has 1 saturated carbocycles. The van der Waals surface area contributed by atoms with Gasteiger partial charge in [-0.3, -0.25) is 9.55 Å². The molecule has 1 aliphatic carbocycles. The number of hydrogen-bond donors (Lipinski definition) is 1. The average Bonchev–Trinajstić information content (AvgIpc) is 3.41. The summed E-state index contributed by atoms with van der Waals surface area (Å²) in [5, 5.41) is 3.61. The maximum absolute atomic E-state index is 14.7. The SMILES string of the molecule is Fc1ccc(-c2nc3ccc(N4CCNC5(CC5)C4)nc3n2-c2ccncc2)c(F)c1. The van der Waals surface area contributed by atoms with Gasteiger partial charge in [-0.05, 0) is 49.2 Å². The molecule has 0 atom stereocenters. The van der Waals surface area contributed by atoms with Crippen molar-refractivity contribution in [3.05, 3.63) is 66.5 Å². The quantitative estimate of drug-likeness (QED) is 0.550. The van der Waals surface area contributed by atoms with E-state index in [0.29, 0.717) is 17.0 Å². The molecule has 3 aromatic heterocycles. The average molecular weight is 418 g/mol. The van der Waals surface area contributed by atoms with Gasteiger partial charge in [0.1, 0.15) is 28.8 Å². The van der Waals surface area contributed by atoms with E-state index in [4.69, 9.17) is 4.98 Å². The van der Waals surface area contributed by atoms with Crippen molar-refractivity contribution < 1.29 is 8.78 Å². The molecule has 1 aromatic carbocycles. The molecule has 8 heteroatoms. The van der Waals surface area contributed by atoms with Gasteiger partial charge in [-0.1, -0.05) is 0 Å². The van der Waals surface area contributed by atoms with Crippen molar-refractivity contribution in [1.82, 2.24) is 24.8 Å². The highest BCUT2D eigenvalue weighted by molar-refractivity contribution is 5.81. The van der Waals surface area contributed by atoms with Crippen molar-refractivity contribution in [2.24, 2.45) is 0 Å². The number of hydrogen-bond acceptors (Lipinski definition) is 5. The second kappa shape index (κ2) is 6.81. The highest BCUT2D eigenvalue weighted by Crippen LogP contribution is 2.39. The number of halogens is 2. The number of fused-ring (bicyclic) bond motifs is 1. The third-order valence-corrected chi connectivity index (χ3v) is 6.14. The van der Waals surface area contributed by atoms with Crippen molar-refractivity contribution in [2.75, 3.05) is 24.5 Å². The predicted molar refractivity (Wildman–Crippen MR) is 114 cm³/mol. The Kier molecular flexibility index (Phi) is 4.04. The van der Waals surface area contributed by atoms with Gasteiger partial charge in [0, 0.05) is 43.6 Å². The van der Waals surface area contributed by atoms with Crippen LogP contribution in [0.5, 0.6) is 0 Å². The number of pyridine rings is 2. The van der Waals surface area contributed by atoms with Gasteiger partial charge in [-0.15, -0.1) is 0 Å². The number of nitrogens with zero attached hydrogens (tertiary/aromatic N) is 5. The van der Waals surface area contributed by atoms with Crippen LogP contribution in [-0.2, 0) is 0 Å². The second-order valence-corrected chi connectivity index (χ2v) is 8.24. The zero-order valence-electron chi connectivity index (χ0n) is 16.7. The molecule has 1 spiro atoms. The van der Waals surface area contributed by atoms with Crippen LogP contribution in [-0.4, -0.2) is 44.7 Å². The van der Waals surface area contributed by atoms with Gasteiger partial charge in [-0.25, -0.2) is 18.7 Å². The standard InChI is InChI=1S/C23H20F2N6/c24-15-1-2-17(18(25)13-15)21-28-19-3-4-20(30-12-11-27-23(14-30)7-8-23)29-22(19)31(21)16-5-9-26-10-6-16/h1-6,9-10,13,27H,7-8,11-12,14H2. The van der Waals surface area contributed by atoms with E-state index in [0.717, 1.165) is 37.2 Å². The Balaban J connectivity index is 1.53. The molecule has 6 nitrogen and oxygen atoms in total. The number of piperazine rings is 1. The molecule has 2 fully saturated rings. The first-order chi connectivity index (χ1) is 15.1. The fourth-order valence-electron chi connectivity index (χ4n) is 4.35. The highest BCUT2D eigenvalue weighted by Gasteiger charge is 2.45. The monoisotopic (exact) mass is 418 g/mol. The van der Waals surface area contributed by atoms with E-state index < -0.39 is 11.6 Å². The fourth-order valence-corrected chi connectivity index (χ4v) is 4.35. The molecule has 1 saturated heterocycles. The van der Waals surface area contributed by atoms with E-state index >= 15 is 0 Å². The third-order valence-electron chi connectivity index (χ3n) is 6.14. The summed E-state index contributed by atoms with van der Waals surface area (Å²) in [5.41, 5.74) is 2.49. The van der Waals surface area contributed by atoms with Gasteiger partial charge < -0.3 is 10.2 Å².